The van der Waals surface area contributed by atoms with E-state index >= 15 is 0 Å². The topological polar surface area (TPSA) is 61.7 Å². The molecule has 14 heavy (non-hydrogen) atoms. The van der Waals surface area contributed by atoms with Crippen LogP contribution in [0.1, 0.15) is 13.3 Å². The maximum Gasteiger partial charge on any atom is 0.230 e. The Morgan fingerprint density at radius 2 is 2.29 bits per heavy atom. The summed E-state index contributed by atoms with van der Waals surface area (Å²) in [7, 11) is 0. The number of hydrogen-bond donors (Lipinski definition) is 2. The second kappa shape index (κ2) is 3.91. The number of carbonyl (C=O) groups excluding carboxylic acids is 1. The molecule has 4 heteroatoms. The number of rotatable bonds is 2. The van der Waals surface area contributed by atoms with Crippen LogP contribution in [0.15, 0.2) is 40.4 Å². The molecule has 0 aromatic carbocycles. The van der Waals surface area contributed by atoms with Crippen LogP contribution in [0.5, 0.6) is 0 Å². The van der Waals surface area contributed by atoms with Gasteiger partial charge < -0.3 is 10.4 Å². The molecule has 74 valence electrons. The third-order valence-corrected chi connectivity index (χ3v) is 1.97. The Hall–Kier alpha value is -1.84. The molecule has 0 atom stereocenters. The molecule has 1 rings (SSSR count). The van der Waals surface area contributed by atoms with E-state index in [1.807, 2.05) is 0 Å². The highest BCUT2D eigenvalue weighted by molar-refractivity contribution is 5.82. The molecule has 0 aromatic heterocycles. The van der Waals surface area contributed by atoms with Crippen LogP contribution in [0.2, 0.25) is 0 Å². The fraction of sp³-hybridized carbons (Fsp3) is 0.200. The zero-order valence-electron chi connectivity index (χ0n) is 8.00. The lowest BCUT2D eigenvalue weighted by Crippen LogP contribution is -2.20. The molecule has 1 aliphatic heterocycles. The van der Waals surface area contributed by atoms with Gasteiger partial charge in [-0.15, -0.1) is 0 Å². The molecule has 0 unspecified atom stereocenters. The van der Waals surface area contributed by atoms with Crippen molar-refractivity contribution in [2.24, 2.45) is 4.99 Å². The van der Waals surface area contributed by atoms with E-state index in [9.17, 15) is 9.90 Å². The van der Waals surface area contributed by atoms with Gasteiger partial charge in [-0.3, -0.25) is 9.79 Å². The van der Waals surface area contributed by atoms with Crippen LogP contribution in [-0.2, 0) is 4.79 Å². The Bertz CT molecular complexity index is 364. The third kappa shape index (κ3) is 1.74. The van der Waals surface area contributed by atoms with Gasteiger partial charge in [0.1, 0.15) is 5.76 Å². The maximum atomic E-state index is 11.3. The summed E-state index contributed by atoms with van der Waals surface area (Å²) in [6.45, 7) is 8.52. The highest BCUT2D eigenvalue weighted by atomic mass is 16.3. The minimum atomic E-state index is -0.215. The quantitative estimate of drug-likeness (QED) is 0.650. The highest BCUT2D eigenvalue weighted by Crippen LogP contribution is 2.22. The summed E-state index contributed by atoms with van der Waals surface area (Å²) in [4.78, 5) is 15.0. The molecule has 1 amide bonds. The minimum Gasteiger partial charge on any atom is -0.505 e. The van der Waals surface area contributed by atoms with Crippen LogP contribution in [0.4, 0.5) is 0 Å². The van der Waals surface area contributed by atoms with Crippen molar-refractivity contribution < 1.29 is 9.90 Å². The zero-order valence-corrected chi connectivity index (χ0v) is 8.00. The average molecular weight is 192 g/mol. The van der Waals surface area contributed by atoms with Gasteiger partial charge in [0.15, 0.2) is 0 Å². The van der Waals surface area contributed by atoms with Gasteiger partial charge in [0, 0.05) is 5.57 Å². The molecule has 0 bridgehead atoms. The Morgan fingerprint density at radius 1 is 1.64 bits per heavy atom. The van der Waals surface area contributed by atoms with Gasteiger partial charge in [-0.05, 0) is 13.6 Å². The van der Waals surface area contributed by atoms with Gasteiger partial charge >= 0.3 is 0 Å². The molecule has 0 radical (unpaired) electrons. The fourth-order valence-electron chi connectivity index (χ4n) is 1.25. The Morgan fingerprint density at radius 3 is 2.79 bits per heavy atom. The second-order valence-corrected chi connectivity index (χ2v) is 2.92. The van der Waals surface area contributed by atoms with Crippen molar-refractivity contribution in [2.45, 2.75) is 13.3 Å². The number of nitrogens with zero attached hydrogens (tertiary/aromatic N) is 1. The van der Waals surface area contributed by atoms with Gasteiger partial charge in [-0.25, -0.2) is 0 Å². The first-order valence-electron chi connectivity index (χ1n) is 4.12. The van der Waals surface area contributed by atoms with Gasteiger partial charge in [0.05, 0.1) is 17.8 Å². The summed E-state index contributed by atoms with van der Waals surface area (Å²) in [5, 5.41) is 12.2. The maximum absolute atomic E-state index is 11.3. The molecule has 0 aliphatic carbocycles. The summed E-state index contributed by atoms with van der Waals surface area (Å²) in [5.74, 6) is -0.221. The van der Waals surface area contributed by atoms with E-state index in [0.29, 0.717) is 17.0 Å². The SMILES string of the molecule is C=CC1=C(N=C)CC(=O)NC(C)=C1O. The van der Waals surface area contributed by atoms with Crippen molar-refractivity contribution in [2.75, 3.05) is 0 Å². The number of aliphatic hydroxyl groups excluding tert-OH is 1. The van der Waals surface area contributed by atoms with Crippen molar-refractivity contribution in [3.63, 3.8) is 0 Å². The molecular formula is C10H12N2O2. The van der Waals surface area contributed by atoms with Crippen molar-refractivity contribution >= 4 is 12.6 Å². The van der Waals surface area contributed by atoms with Gasteiger partial charge in [-0.1, -0.05) is 12.7 Å². The van der Waals surface area contributed by atoms with Crippen molar-refractivity contribution in [1.29, 1.82) is 0 Å². The Kier molecular flexibility index (Phi) is 2.86. The first-order valence-corrected chi connectivity index (χ1v) is 4.12. The molecular weight excluding hydrogens is 180 g/mol. The lowest BCUT2D eigenvalue weighted by molar-refractivity contribution is -0.119. The van der Waals surface area contributed by atoms with Crippen molar-refractivity contribution in [1.82, 2.24) is 5.32 Å². The standard InChI is InChI=1S/C10H12N2O2/c1-4-7-8(11-3)5-9(13)12-6(2)10(7)14/h4,14H,1,3,5H2,2H3,(H,12,13). The number of carbonyl (C=O) groups is 1. The van der Waals surface area contributed by atoms with E-state index in [0.717, 1.165) is 0 Å². The highest BCUT2D eigenvalue weighted by Gasteiger charge is 2.18. The Balaban J connectivity index is 3.33. The number of amides is 1. The van der Waals surface area contributed by atoms with Crippen molar-refractivity contribution in [3.8, 4) is 0 Å². The summed E-state index contributed by atoms with van der Waals surface area (Å²) >= 11 is 0. The van der Waals surface area contributed by atoms with Gasteiger partial charge in [0.25, 0.3) is 0 Å². The number of allylic oxidation sites excluding steroid dienone is 2. The monoisotopic (exact) mass is 192 g/mol. The van der Waals surface area contributed by atoms with E-state index in [2.05, 4.69) is 23.6 Å². The molecule has 1 heterocycles. The predicted molar refractivity (Wildman–Crippen MR) is 54.9 cm³/mol. The van der Waals surface area contributed by atoms with Crippen LogP contribution in [0.3, 0.4) is 0 Å². The van der Waals surface area contributed by atoms with Crippen LogP contribution >= 0.6 is 0 Å². The molecule has 4 nitrogen and oxygen atoms in total. The van der Waals surface area contributed by atoms with E-state index < -0.39 is 0 Å². The van der Waals surface area contributed by atoms with E-state index in [1.165, 1.54) is 6.08 Å². The summed E-state index contributed by atoms with van der Waals surface area (Å²) in [6, 6.07) is 0. The summed E-state index contributed by atoms with van der Waals surface area (Å²) in [5.41, 5.74) is 1.30. The van der Waals surface area contributed by atoms with E-state index in [-0.39, 0.29) is 18.1 Å². The number of aliphatic imine (C=N–C) groups is 1. The van der Waals surface area contributed by atoms with Crippen molar-refractivity contribution in [3.05, 3.63) is 35.4 Å². The molecule has 0 spiro atoms. The smallest absolute Gasteiger partial charge is 0.230 e. The molecule has 1 aliphatic rings. The van der Waals surface area contributed by atoms with Crippen LogP contribution in [0.25, 0.3) is 0 Å². The van der Waals surface area contributed by atoms with E-state index in [1.54, 1.807) is 6.92 Å². The average Bonchev–Trinajstić information content (AvgIpc) is 2.25. The zero-order chi connectivity index (χ0) is 10.7. The lowest BCUT2D eigenvalue weighted by Gasteiger charge is -2.04. The van der Waals surface area contributed by atoms with Gasteiger partial charge in [0.2, 0.25) is 5.91 Å². The van der Waals surface area contributed by atoms with Crippen LogP contribution < -0.4 is 5.32 Å². The first-order chi connectivity index (χ1) is 6.60. The minimum absolute atomic E-state index is 0.00625. The molecule has 0 aromatic rings. The fourth-order valence-corrected chi connectivity index (χ4v) is 1.25. The largest absolute Gasteiger partial charge is 0.505 e. The summed E-state index contributed by atoms with van der Waals surface area (Å²) < 4.78 is 0. The van der Waals surface area contributed by atoms with E-state index in [4.69, 9.17) is 0 Å². The number of hydrogen-bond acceptors (Lipinski definition) is 3. The van der Waals surface area contributed by atoms with Crippen LogP contribution in [0, 0.1) is 0 Å². The molecule has 0 saturated heterocycles. The number of aliphatic hydroxyl groups is 1. The lowest BCUT2D eigenvalue weighted by atomic mass is 10.1. The third-order valence-electron chi connectivity index (χ3n) is 1.97. The normalized spacial score (nSPS) is 17.6. The molecule has 0 fully saturated rings. The number of nitrogens with one attached hydrogen (secondary N) is 1. The Labute approximate surface area is 82.4 Å². The molecule has 2 N–H and O–H groups in total. The summed E-state index contributed by atoms with van der Waals surface area (Å²) in [6.07, 6.45) is 1.56. The molecule has 0 saturated carbocycles. The second-order valence-electron chi connectivity index (χ2n) is 2.92. The predicted octanol–water partition coefficient (Wildman–Crippen LogP) is 1.44. The van der Waals surface area contributed by atoms with Gasteiger partial charge in [-0.2, -0.15) is 0 Å². The van der Waals surface area contributed by atoms with Crippen LogP contribution in [-0.4, -0.2) is 17.7 Å². The first kappa shape index (κ1) is 10.2.